The van der Waals surface area contributed by atoms with Crippen LogP contribution in [0, 0.1) is 13.7 Å². The Hall–Kier alpha value is -2.51. The first kappa shape index (κ1) is 30.7. The fourth-order valence-electron chi connectivity index (χ4n) is 2.89. The highest BCUT2D eigenvalue weighted by atomic mass is 127. The summed E-state index contributed by atoms with van der Waals surface area (Å²) in [6.07, 6.45) is -20.1. The van der Waals surface area contributed by atoms with Crippen molar-refractivity contribution in [3.05, 3.63) is 65.7 Å². The van der Waals surface area contributed by atoms with Crippen LogP contribution in [0.5, 0.6) is 0 Å². The third-order valence-corrected chi connectivity index (χ3v) is 5.88. The summed E-state index contributed by atoms with van der Waals surface area (Å²) in [6, 6.07) is 1.13. The summed E-state index contributed by atoms with van der Waals surface area (Å²) < 4.78 is 160. The third kappa shape index (κ3) is 5.39. The number of hydrogen-bond acceptors (Lipinski definition) is 3. The Morgan fingerprint density at radius 2 is 1.46 bits per heavy atom. The van der Waals surface area contributed by atoms with Gasteiger partial charge < -0.3 is 5.32 Å². The molecule has 0 fully saturated rings. The Bertz CT molecular complexity index is 1250. The minimum Gasteiger partial charge on any atom is -0.320 e. The van der Waals surface area contributed by atoms with E-state index in [1.54, 1.807) is 0 Å². The van der Waals surface area contributed by atoms with Crippen LogP contribution < -0.4 is 5.32 Å². The molecule has 0 aliphatic carbocycles. The molecule has 2 aromatic carbocycles. The second kappa shape index (κ2) is 9.66. The van der Waals surface area contributed by atoms with E-state index in [4.69, 9.17) is 11.6 Å². The van der Waals surface area contributed by atoms with E-state index in [0.29, 0.717) is 0 Å². The monoisotopic (exact) mass is 688 g/mol. The lowest BCUT2D eigenvalue weighted by molar-refractivity contribution is -0.389. The zero-order chi connectivity index (χ0) is 28.9. The van der Waals surface area contributed by atoms with E-state index in [2.05, 4.69) is 0 Å². The Morgan fingerprint density at radius 3 is 1.89 bits per heavy atom. The van der Waals surface area contributed by atoms with Crippen molar-refractivity contribution in [2.45, 2.75) is 30.1 Å². The lowest BCUT2D eigenvalue weighted by Gasteiger charge is -2.36. The molecule has 0 spiro atoms. The Labute approximate surface area is 215 Å². The molecule has 0 radical (unpaired) electrons. The zero-order valence-electron chi connectivity index (χ0n) is 16.9. The van der Waals surface area contributed by atoms with E-state index >= 15 is 0 Å². The van der Waals surface area contributed by atoms with Gasteiger partial charge in [-0.3, -0.25) is 14.9 Å². The average molecular weight is 689 g/mol. The smallest absolute Gasteiger partial charge is 0.320 e. The van der Waals surface area contributed by atoms with Crippen LogP contribution in [-0.2, 0) is 11.8 Å². The lowest BCUT2D eigenvalue weighted by Crippen LogP contribution is -2.59. The summed E-state index contributed by atoms with van der Waals surface area (Å²) in [7, 11) is 0. The number of hydrogen-bond donors (Lipinski definition) is 1. The number of carbonyl (C=O) groups excluding carboxylic acids is 1. The third-order valence-electron chi connectivity index (χ3n) is 4.63. The second-order valence-electron chi connectivity index (χ2n) is 6.96. The number of nitrogens with one attached hydrogen (secondary N) is 1. The predicted molar refractivity (Wildman–Crippen MR) is 110 cm³/mol. The first-order valence-electron chi connectivity index (χ1n) is 8.84. The van der Waals surface area contributed by atoms with Gasteiger partial charge in [-0.05, 0) is 40.8 Å². The number of benzene rings is 2. The molecule has 2 rings (SSSR count). The SMILES string of the molecule is O=C(Nc1c(I)cc(C(F)(C(F)(F)F)C(F)(F)C(F)(F)F)cc1C(F)(F)F)c1cccc([N+](=O)[O-])c1Cl. The first-order chi connectivity index (χ1) is 16.5. The molecular formula is C18H6ClF12IN2O3. The van der Waals surface area contributed by atoms with Crippen LogP contribution in [0.3, 0.4) is 0 Å². The second-order valence-corrected chi connectivity index (χ2v) is 8.50. The number of nitrogens with zero attached hydrogens (tertiary/aromatic N) is 1. The molecule has 1 unspecified atom stereocenters. The van der Waals surface area contributed by atoms with Crippen LogP contribution in [0.15, 0.2) is 30.3 Å². The van der Waals surface area contributed by atoms with Crippen LogP contribution in [0.25, 0.3) is 0 Å². The van der Waals surface area contributed by atoms with Gasteiger partial charge in [-0.25, -0.2) is 4.39 Å². The van der Waals surface area contributed by atoms with Crippen molar-refractivity contribution in [2.24, 2.45) is 0 Å². The van der Waals surface area contributed by atoms with Gasteiger partial charge in [0.25, 0.3) is 11.6 Å². The number of halogens is 14. The summed E-state index contributed by atoms with van der Waals surface area (Å²) in [5.41, 5.74) is -15.0. The van der Waals surface area contributed by atoms with Crippen molar-refractivity contribution in [2.75, 3.05) is 5.32 Å². The normalized spacial score (nSPS) is 14.8. The minimum atomic E-state index is -7.24. The van der Waals surface area contributed by atoms with Crippen molar-refractivity contribution in [1.29, 1.82) is 0 Å². The molecule has 1 amide bonds. The van der Waals surface area contributed by atoms with Gasteiger partial charge in [-0.2, -0.15) is 48.3 Å². The van der Waals surface area contributed by atoms with E-state index in [0.717, 1.165) is 40.8 Å². The minimum absolute atomic E-state index is 0.395. The molecule has 204 valence electrons. The van der Waals surface area contributed by atoms with E-state index in [1.807, 2.05) is 0 Å². The number of nitro benzene ring substituents is 1. The highest BCUT2D eigenvalue weighted by molar-refractivity contribution is 14.1. The van der Waals surface area contributed by atoms with E-state index in [9.17, 15) is 67.6 Å². The van der Waals surface area contributed by atoms with Gasteiger partial charge in [0.05, 0.1) is 21.7 Å². The van der Waals surface area contributed by atoms with Crippen LogP contribution in [0.2, 0.25) is 5.02 Å². The summed E-state index contributed by atoms with van der Waals surface area (Å²) in [4.78, 5) is 22.3. The number of amides is 1. The highest BCUT2D eigenvalue weighted by Gasteiger charge is 2.81. The first-order valence-corrected chi connectivity index (χ1v) is 10.3. The van der Waals surface area contributed by atoms with Crippen LogP contribution in [0.4, 0.5) is 64.1 Å². The van der Waals surface area contributed by atoms with E-state index < -0.39 is 89.7 Å². The molecule has 0 heterocycles. The summed E-state index contributed by atoms with van der Waals surface area (Å²) in [5, 5.41) is 11.6. The quantitative estimate of drug-likeness (QED) is 0.150. The maximum absolute atomic E-state index is 14.8. The molecule has 1 atom stereocenters. The largest absolute Gasteiger partial charge is 0.457 e. The Kier molecular flexibility index (Phi) is 8.02. The van der Waals surface area contributed by atoms with E-state index in [-0.39, 0.29) is 0 Å². The van der Waals surface area contributed by atoms with Gasteiger partial charge in [0.2, 0.25) is 0 Å². The molecule has 0 saturated heterocycles. The van der Waals surface area contributed by atoms with Crippen LogP contribution >= 0.6 is 34.2 Å². The van der Waals surface area contributed by atoms with Crippen LogP contribution in [0.1, 0.15) is 21.5 Å². The Morgan fingerprint density at radius 1 is 0.919 bits per heavy atom. The van der Waals surface area contributed by atoms with Crippen molar-refractivity contribution in [3.8, 4) is 0 Å². The van der Waals surface area contributed by atoms with Crippen molar-refractivity contribution < 1.29 is 62.4 Å². The van der Waals surface area contributed by atoms with Gasteiger partial charge in [0.1, 0.15) is 5.02 Å². The predicted octanol–water partition coefficient (Wildman–Crippen LogP) is 8.05. The van der Waals surface area contributed by atoms with Crippen molar-refractivity contribution in [1.82, 2.24) is 0 Å². The molecule has 2 aromatic rings. The Balaban J connectivity index is 2.80. The fraction of sp³-hybridized carbons (Fsp3) is 0.278. The molecule has 1 N–H and O–H groups in total. The van der Waals surface area contributed by atoms with Gasteiger partial charge >= 0.3 is 30.1 Å². The molecular weight excluding hydrogens is 683 g/mol. The standard InChI is InChI=1S/C18H6ClF12IN2O3/c19-11-7(2-1-3-10(11)34(36)37)13(35)33-12-8(15(21,22)23)4-6(5-9(12)32)14(20,17(26,27)28)16(24,25)18(29,30)31/h1-5H,(H,33,35). The number of rotatable bonds is 5. The molecule has 0 aliphatic rings. The van der Waals surface area contributed by atoms with Crippen molar-refractivity contribution >= 4 is 51.5 Å². The molecule has 0 aromatic heterocycles. The van der Waals surface area contributed by atoms with Gasteiger partial charge in [-0.15, -0.1) is 0 Å². The maximum atomic E-state index is 14.8. The fourth-order valence-corrected chi connectivity index (χ4v) is 3.93. The highest BCUT2D eigenvalue weighted by Crippen LogP contribution is 2.59. The van der Waals surface area contributed by atoms with Gasteiger partial charge in [0.15, 0.2) is 0 Å². The summed E-state index contributed by atoms with van der Waals surface area (Å²) >= 11 is 6.40. The lowest BCUT2D eigenvalue weighted by atomic mass is 9.86. The average Bonchev–Trinajstić information content (AvgIpc) is 2.71. The molecule has 5 nitrogen and oxygen atoms in total. The zero-order valence-corrected chi connectivity index (χ0v) is 19.8. The number of nitro groups is 1. The summed E-state index contributed by atoms with van der Waals surface area (Å²) in [5.74, 6) is -8.86. The van der Waals surface area contributed by atoms with Crippen molar-refractivity contribution in [3.63, 3.8) is 0 Å². The molecule has 0 bridgehead atoms. The number of alkyl halides is 12. The summed E-state index contributed by atoms with van der Waals surface area (Å²) in [6.45, 7) is 0. The van der Waals surface area contributed by atoms with Gasteiger partial charge in [-0.1, -0.05) is 17.7 Å². The maximum Gasteiger partial charge on any atom is 0.457 e. The number of anilines is 1. The van der Waals surface area contributed by atoms with Gasteiger partial charge in [0, 0.05) is 15.2 Å². The van der Waals surface area contributed by atoms with E-state index in [1.165, 1.54) is 5.32 Å². The molecule has 0 saturated carbocycles. The van der Waals surface area contributed by atoms with Crippen LogP contribution in [-0.4, -0.2) is 29.1 Å². The topological polar surface area (TPSA) is 72.2 Å². The molecule has 0 aliphatic heterocycles. The number of carbonyl (C=O) groups is 1. The molecule has 37 heavy (non-hydrogen) atoms. The molecule has 19 heteroatoms.